The maximum atomic E-state index is 11.9. The standard InChI is InChI=1S/C11H9F3N4OS/c12-11(13,14)20-7-10(19)17-8-2-3-9(15-6-8)18-5-1-4-16-18/h1-6H,7H2,(H,17,19). The van der Waals surface area contributed by atoms with Crippen LogP contribution in [-0.4, -0.2) is 31.9 Å². The largest absolute Gasteiger partial charge is 0.442 e. The van der Waals surface area contributed by atoms with Crippen molar-refractivity contribution in [3.63, 3.8) is 0 Å². The number of hydrogen-bond donors (Lipinski definition) is 1. The highest BCUT2D eigenvalue weighted by Gasteiger charge is 2.29. The van der Waals surface area contributed by atoms with Crippen molar-refractivity contribution in [2.45, 2.75) is 5.51 Å². The lowest BCUT2D eigenvalue weighted by Crippen LogP contribution is -2.17. The molecule has 0 aromatic carbocycles. The molecule has 0 saturated heterocycles. The molecule has 0 aliphatic rings. The molecule has 0 saturated carbocycles. The molecule has 2 aromatic rings. The number of carbonyl (C=O) groups excluding carboxylic acids is 1. The zero-order valence-corrected chi connectivity index (χ0v) is 10.8. The van der Waals surface area contributed by atoms with Crippen LogP contribution >= 0.6 is 11.8 Å². The number of anilines is 1. The second kappa shape index (κ2) is 5.95. The van der Waals surface area contributed by atoms with Crippen LogP contribution in [0.4, 0.5) is 18.9 Å². The maximum absolute atomic E-state index is 11.9. The third-order valence-corrected chi connectivity index (χ3v) is 2.87. The number of pyridine rings is 1. The quantitative estimate of drug-likeness (QED) is 0.942. The smallest absolute Gasteiger partial charge is 0.324 e. The molecule has 0 aliphatic heterocycles. The Bertz CT molecular complexity index is 568. The van der Waals surface area contributed by atoms with Crippen molar-refractivity contribution in [1.82, 2.24) is 14.8 Å². The molecule has 0 radical (unpaired) electrons. The fourth-order valence-corrected chi connectivity index (χ4v) is 1.71. The Hall–Kier alpha value is -2.03. The molecule has 9 heteroatoms. The van der Waals surface area contributed by atoms with Crippen LogP contribution in [0.2, 0.25) is 0 Å². The van der Waals surface area contributed by atoms with Crippen LogP contribution in [0.25, 0.3) is 5.82 Å². The first-order valence-electron chi connectivity index (χ1n) is 5.41. The number of alkyl halides is 3. The molecule has 2 aromatic heterocycles. The topological polar surface area (TPSA) is 59.8 Å². The predicted molar refractivity (Wildman–Crippen MR) is 68.5 cm³/mol. The van der Waals surface area contributed by atoms with Crippen LogP contribution in [0.5, 0.6) is 0 Å². The van der Waals surface area contributed by atoms with Crippen LogP contribution in [0.1, 0.15) is 0 Å². The molecule has 0 spiro atoms. The van der Waals surface area contributed by atoms with Gasteiger partial charge in [-0.2, -0.15) is 18.3 Å². The minimum atomic E-state index is -4.42. The minimum absolute atomic E-state index is 0.327. The summed E-state index contributed by atoms with van der Waals surface area (Å²) in [5.74, 6) is -0.886. The molecule has 0 aliphatic carbocycles. The summed E-state index contributed by atoms with van der Waals surface area (Å²) in [6, 6.07) is 4.87. The van der Waals surface area contributed by atoms with Crippen LogP contribution in [0, 0.1) is 0 Å². The molecule has 1 amide bonds. The number of aromatic nitrogens is 3. The van der Waals surface area contributed by atoms with Gasteiger partial charge in [-0.05, 0) is 30.0 Å². The van der Waals surface area contributed by atoms with Gasteiger partial charge in [-0.15, -0.1) is 0 Å². The summed E-state index contributed by atoms with van der Waals surface area (Å²) >= 11 is -0.384. The fraction of sp³-hybridized carbons (Fsp3) is 0.182. The summed E-state index contributed by atoms with van der Waals surface area (Å²) in [5, 5.41) is 6.31. The van der Waals surface area contributed by atoms with Crippen molar-refractivity contribution in [3.8, 4) is 5.82 Å². The number of hydrogen-bond acceptors (Lipinski definition) is 4. The van der Waals surface area contributed by atoms with Crippen LogP contribution in [0.3, 0.4) is 0 Å². The maximum Gasteiger partial charge on any atom is 0.442 e. The molecule has 1 N–H and O–H groups in total. The van der Waals surface area contributed by atoms with Crippen LogP contribution < -0.4 is 5.32 Å². The van der Waals surface area contributed by atoms with E-state index in [9.17, 15) is 18.0 Å². The van der Waals surface area contributed by atoms with Crippen molar-refractivity contribution in [1.29, 1.82) is 0 Å². The number of nitrogens with one attached hydrogen (secondary N) is 1. The monoisotopic (exact) mass is 302 g/mol. The fourth-order valence-electron chi connectivity index (χ4n) is 1.34. The van der Waals surface area contributed by atoms with E-state index in [0.29, 0.717) is 11.5 Å². The molecule has 0 atom stereocenters. The van der Waals surface area contributed by atoms with Crippen molar-refractivity contribution in [3.05, 3.63) is 36.8 Å². The molecule has 0 unspecified atom stereocenters. The summed E-state index contributed by atoms with van der Waals surface area (Å²) in [4.78, 5) is 15.3. The molecule has 0 fully saturated rings. The number of thioether (sulfide) groups is 1. The molecule has 20 heavy (non-hydrogen) atoms. The van der Waals surface area contributed by atoms with Gasteiger partial charge in [0.25, 0.3) is 0 Å². The molecular formula is C11H9F3N4OS. The van der Waals surface area contributed by atoms with Crippen molar-refractivity contribution < 1.29 is 18.0 Å². The normalized spacial score (nSPS) is 11.3. The molecule has 0 bridgehead atoms. The van der Waals surface area contributed by atoms with Crippen LogP contribution in [-0.2, 0) is 4.79 Å². The average Bonchev–Trinajstić information content (AvgIpc) is 2.90. The van der Waals surface area contributed by atoms with Gasteiger partial charge < -0.3 is 5.32 Å². The zero-order valence-electron chi connectivity index (χ0n) is 9.96. The minimum Gasteiger partial charge on any atom is -0.324 e. The van der Waals surface area contributed by atoms with Crippen LogP contribution in [0.15, 0.2) is 36.8 Å². The molecule has 106 valence electrons. The van der Waals surface area contributed by atoms with E-state index in [0.717, 1.165) is 0 Å². The van der Waals surface area contributed by atoms with E-state index in [1.165, 1.54) is 10.9 Å². The van der Waals surface area contributed by atoms with Gasteiger partial charge in [-0.25, -0.2) is 9.67 Å². The summed E-state index contributed by atoms with van der Waals surface area (Å²) in [7, 11) is 0. The highest BCUT2D eigenvalue weighted by atomic mass is 32.2. The van der Waals surface area contributed by atoms with E-state index in [-0.39, 0.29) is 11.8 Å². The van der Waals surface area contributed by atoms with E-state index in [1.54, 1.807) is 30.6 Å². The van der Waals surface area contributed by atoms with Gasteiger partial charge in [-0.3, -0.25) is 4.79 Å². The predicted octanol–water partition coefficient (Wildman–Crippen LogP) is 2.46. The SMILES string of the molecule is O=C(CSC(F)(F)F)Nc1ccc(-n2cccn2)nc1. The molecule has 2 heterocycles. The number of halogens is 3. The Morgan fingerprint density at radius 2 is 2.20 bits per heavy atom. The van der Waals surface area contributed by atoms with Gasteiger partial charge >= 0.3 is 5.51 Å². The van der Waals surface area contributed by atoms with E-state index < -0.39 is 17.2 Å². The highest BCUT2D eigenvalue weighted by molar-refractivity contribution is 8.00. The molecule has 2 rings (SSSR count). The first-order valence-corrected chi connectivity index (χ1v) is 6.39. The van der Waals surface area contributed by atoms with Gasteiger partial charge in [0.15, 0.2) is 5.82 Å². The number of rotatable bonds is 4. The first kappa shape index (κ1) is 14.4. The summed E-state index contributed by atoms with van der Waals surface area (Å²) < 4.78 is 37.3. The Morgan fingerprint density at radius 3 is 2.75 bits per heavy atom. The number of amides is 1. The van der Waals surface area contributed by atoms with Crippen molar-refractivity contribution in [2.75, 3.05) is 11.1 Å². The summed E-state index contributed by atoms with van der Waals surface area (Å²) in [5.41, 5.74) is -4.09. The second-order valence-electron chi connectivity index (χ2n) is 3.64. The number of carbonyl (C=O) groups is 1. The van der Waals surface area contributed by atoms with Crippen molar-refractivity contribution in [2.24, 2.45) is 0 Å². The lowest BCUT2D eigenvalue weighted by Gasteiger charge is -2.07. The Labute approximate surface area is 116 Å². The van der Waals surface area contributed by atoms with Crippen molar-refractivity contribution >= 4 is 23.4 Å². The van der Waals surface area contributed by atoms with E-state index in [4.69, 9.17) is 0 Å². The van der Waals surface area contributed by atoms with Gasteiger partial charge in [0.05, 0.1) is 17.6 Å². The molecule has 5 nitrogen and oxygen atoms in total. The third kappa shape index (κ3) is 4.26. The lowest BCUT2D eigenvalue weighted by molar-refractivity contribution is -0.114. The van der Waals surface area contributed by atoms with E-state index in [1.807, 2.05) is 0 Å². The zero-order chi connectivity index (χ0) is 14.6. The van der Waals surface area contributed by atoms with E-state index in [2.05, 4.69) is 15.4 Å². The Kier molecular flexibility index (Phi) is 4.28. The van der Waals surface area contributed by atoms with Gasteiger partial charge in [0.2, 0.25) is 5.91 Å². The van der Waals surface area contributed by atoms with Gasteiger partial charge in [0.1, 0.15) is 0 Å². The highest BCUT2D eigenvalue weighted by Crippen LogP contribution is 2.29. The van der Waals surface area contributed by atoms with Gasteiger partial charge in [-0.1, -0.05) is 0 Å². The van der Waals surface area contributed by atoms with E-state index >= 15 is 0 Å². The van der Waals surface area contributed by atoms with Gasteiger partial charge in [0, 0.05) is 12.4 Å². The average molecular weight is 302 g/mol. The Morgan fingerprint density at radius 1 is 1.40 bits per heavy atom. The summed E-state index contributed by atoms with van der Waals surface area (Å²) in [6.07, 6.45) is 4.64. The number of nitrogens with zero attached hydrogens (tertiary/aromatic N) is 3. The molecular weight excluding hydrogens is 293 g/mol. The second-order valence-corrected chi connectivity index (χ2v) is 4.68. The third-order valence-electron chi connectivity index (χ3n) is 2.14. The summed E-state index contributed by atoms with van der Waals surface area (Å²) in [6.45, 7) is 0. The first-order chi connectivity index (χ1) is 9.44. The Balaban J connectivity index is 1.92. The lowest BCUT2D eigenvalue weighted by atomic mass is 10.4.